The molecule has 1 N–H and O–H groups in total. The van der Waals surface area contributed by atoms with E-state index >= 15 is 0 Å². The van der Waals surface area contributed by atoms with E-state index in [2.05, 4.69) is 51.4 Å². The molecule has 0 radical (unpaired) electrons. The molecule has 0 aliphatic rings. The van der Waals surface area contributed by atoms with Gasteiger partial charge in [0, 0.05) is 4.47 Å². The maximum Gasteiger partial charge on any atom is 0.0837 e. The van der Waals surface area contributed by atoms with Crippen molar-refractivity contribution in [2.45, 2.75) is 6.92 Å². The summed E-state index contributed by atoms with van der Waals surface area (Å²) in [6.07, 6.45) is 0. The fraction of sp³-hybridized carbons (Fsp3) is 0.0625. The SMILES string of the molecule is C/C(=N\O)c1ccc2cc(Br)c3ccccc3c2c1. The lowest BCUT2D eigenvalue weighted by molar-refractivity contribution is 0.319. The minimum absolute atomic E-state index is 0.619. The van der Waals surface area contributed by atoms with Gasteiger partial charge in [0.1, 0.15) is 0 Å². The highest BCUT2D eigenvalue weighted by molar-refractivity contribution is 9.10. The van der Waals surface area contributed by atoms with Crippen molar-refractivity contribution in [1.29, 1.82) is 0 Å². The Balaban J connectivity index is 2.44. The molecule has 0 aromatic heterocycles. The Morgan fingerprint density at radius 3 is 2.47 bits per heavy atom. The van der Waals surface area contributed by atoms with Crippen LogP contribution in [0.5, 0.6) is 0 Å². The van der Waals surface area contributed by atoms with E-state index in [4.69, 9.17) is 5.21 Å². The molecule has 0 bridgehead atoms. The maximum atomic E-state index is 8.90. The summed E-state index contributed by atoms with van der Waals surface area (Å²) in [6, 6.07) is 16.5. The summed E-state index contributed by atoms with van der Waals surface area (Å²) in [5, 5.41) is 16.9. The van der Waals surface area contributed by atoms with Crippen molar-refractivity contribution in [3.63, 3.8) is 0 Å². The van der Waals surface area contributed by atoms with Gasteiger partial charge in [0.25, 0.3) is 0 Å². The smallest absolute Gasteiger partial charge is 0.0837 e. The first-order chi connectivity index (χ1) is 9.20. The van der Waals surface area contributed by atoms with Crippen molar-refractivity contribution in [3.05, 3.63) is 58.6 Å². The van der Waals surface area contributed by atoms with E-state index in [0.29, 0.717) is 5.71 Å². The third-order valence-corrected chi connectivity index (χ3v) is 4.03. The van der Waals surface area contributed by atoms with E-state index in [1.165, 1.54) is 21.5 Å². The lowest BCUT2D eigenvalue weighted by atomic mass is 9.99. The third-order valence-electron chi connectivity index (χ3n) is 3.38. The van der Waals surface area contributed by atoms with Crippen LogP contribution < -0.4 is 0 Å². The predicted octanol–water partition coefficient (Wildman–Crippen LogP) is 4.95. The summed E-state index contributed by atoms with van der Waals surface area (Å²) in [4.78, 5) is 0. The van der Waals surface area contributed by atoms with Gasteiger partial charge in [-0.3, -0.25) is 0 Å². The molecule has 0 fully saturated rings. The molecule has 19 heavy (non-hydrogen) atoms. The van der Waals surface area contributed by atoms with Crippen LogP contribution in [0.25, 0.3) is 21.5 Å². The lowest BCUT2D eigenvalue weighted by Crippen LogP contribution is -1.94. The summed E-state index contributed by atoms with van der Waals surface area (Å²) in [6.45, 7) is 1.79. The topological polar surface area (TPSA) is 32.6 Å². The van der Waals surface area contributed by atoms with Crippen LogP contribution in [0.1, 0.15) is 12.5 Å². The molecule has 3 rings (SSSR count). The van der Waals surface area contributed by atoms with Gasteiger partial charge in [0.05, 0.1) is 5.71 Å². The Morgan fingerprint density at radius 2 is 1.74 bits per heavy atom. The van der Waals surface area contributed by atoms with Gasteiger partial charge in [0.15, 0.2) is 0 Å². The molecule has 0 amide bonds. The van der Waals surface area contributed by atoms with Gasteiger partial charge in [-0.15, -0.1) is 0 Å². The van der Waals surface area contributed by atoms with Crippen LogP contribution >= 0.6 is 15.9 Å². The van der Waals surface area contributed by atoms with E-state index in [9.17, 15) is 0 Å². The van der Waals surface area contributed by atoms with E-state index in [0.717, 1.165) is 10.0 Å². The maximum absolute atomic E-state index is 8.90. The van der Waals surface area contributed by atoms with E-state index < -0.39 is 0 Å². The monoisotopic (exact) mass is 313 g/mol. The second kappa shape index (κ2) is 4.67. The summed E-state index contributed by atoms with van der Waals surface area (Å²) >= 11 is 3.62. The average molecular weight is 314 g/mol. The Hall–Kier alpha value is -1.87. The quantitative estimate of drug-likeness (QED) is 0.293. The second-order valence-corrected chi connectivity index (χ2v) is 5.38. The highest BCUT2D eigenvalue weighted by atomic mass is 79.9. The lowest BCUT2D eigenvalue weighted by Gasteiger charge is -2.08. The molecule has 3 aromatic carbocycles. The molecular formula is C16H12BrNO. The van der Waals surface area contributed by atoms with Crippen molar-refractivity contribution < 1.29 is 5.21 Å². The normalized spacial score (nSPS) is 12.2. The Labute approximate surface area is 119 Å². The van der Waals surface area contributed by atoms with Gasteiger partial charge in [-0.25, -0.2) is 0 Å². The van der Waals surface area contributed by atoms with Crippen LogP contribution in [0, 0.1) is 0 Å². The first-order valence-corrected chi connectivity index (χ1v) is 6.80. The molecule has 0 atom stereocenters. The number of benzene rings is 3. The molecule has 3 heteroatoms. The summed E-state index contributed by atoms with van der Waals surface area (Å²) in [5.41, 5.74) is 1.55. The van der Waals surface area contributed by atoms with Crippen molar-refractivity contribution in [2.75, 3.05) is 0 Å². The van der Waals surface area contributed by atoms with Crippen molar-refractivity contribution >= 4 is 43.2 Å². The number of nitrogens with zero attached hydrogens (tertiary/aromatic N) is 1. The molecule has 3 aromatic rings. The fourth-order valence-electron chi connectivity index (χ4n) is 2.34. The molecule has 94 valence electrons. The standard InChI is InChI=1S/C16H12BrNO/c1-10(18-19)11-6-7-12-9-16(17)14-5-3-2-4-13(14)15(12)8-11/h2-9,19H,1H3/b18-10+. The van der Waals surface area contributed by atoms with Crippen LogP contribution in [0.4, 0.5) is 0 Å². The molecule has 0 aliphatic carbocycles. The van der Waals surface area contributed by atoms with Crippen molar-refractivity contribution in [3.8, 4) is 0 Å². The molecule has 0 saturated heterocycles. The Bertz CT molecular complexity index is 808. The van der Waals surface area contributed by atoms with Crippen molar-refractivity contribution in [1.82, 2.24) is 0 Å². The zero-order chi connectivity index (χ0) is 13.4. The fourth-order valence-corrected chi connectivity index (χ4v) is 2.93. The minimum atomic E-state index is 0.619. The molecule has 0 aliphatic heterocycles. The summed E-state index contributed by atoms with van der Waals surface area (Å²) in [7, 11) is 0. The van der Waals surface area contributed by atoms with Crippen LogP contribution in [0.15, 0.2) is 58.2 Å². The Kier molecular flexibility index (Phi) is 2.99. The number of halogens is 1. The Morgan fingerprint density at radius 1 is 1.00 bits per heavy atom. The largest absolute Gasteiger partial charge is 0.411 e. The van der Waals surface area contributed by atoms with Gasteiger partial charge >= 0.3 is 0 Å². The molecule has 0 heterocycles. The molecular weight excluding hydrogens is 302 g/mol. The predicted molar refractivity (Wildman–Crippen MR) is 83.2 cm³/mol. The number of hydrogen-bond acceptors (Lipinski definition) is 2. The highest BCUT2D eigenvalue weighted by Crippen LogP contribution is 2.32. The number of rotatable bonds is 1. The average Bonchev–Trinajstić information content (AvgIpc) is 2.46. The minimum Gasteiger partial charge on any atom is -0.411 e. The molecule has 0 unspecified atom stereocenters. The van der Waals surface area contributed by atoms with E-state index in [-0.39, 0.29) is 0 Å². The van der Waals surface area contributed by atoms with Crippen LogP contribution in [0.3, 0.4) is 0 Å². The van der Waals surface area contributed by atoms with Crippen LogP contribution in [0.2, 0.25) is 0 Å². The second-order valence-electron chi connectivity index (χ2n) is 4.53. The summed E-state index contributed by atoms with van der Waals surface area (Å²) < 4.78 is 1.09. The van der Waals surface area contributed by atoms with Gasteiger partial charge in [-0.1, -0.05) is 57.5 Å². The van der Waals surface area contributed by atoms with Gasteiger partial charge in [-0.2, -0.15) is 0 Å². The molecule has 0 spiro atoms. The first-order valence-electron chi connectivity index (χ1n) is 6.01. The summed E-state index contributed by atoms with van der Waals surface area (Å²) in [5.74, 6) is 0. The molecule has 2 nitrogen and oxygen atoms in total. The highest BCUT2D eigenvalue weighted by Gasteiger charge is 2.06. The first kappa shape index (κ1) is 12.2. The number of hydrogen-bond donors (Lipinski definition) is 1. The van der Waals surface area contributed by atoms with Gasteiger partial charge in [-0.05, 0) is 46.2 Å². The van der Waals surface area contributed by atoms with E-state index in [1.807, 2.05) is 18.2 Å². The number of oxime groups is 1. The van der Waals surface area contributed by atoms with Gasteiger partial charge < -0.3 is 5.21 Å². The zero-order valence-electron chi connectivity index (χ0n) is 10.4. The van der Waals surface area contributed by atoms with Crippen LogP contribution in [-0.4, -0.2) is 10.9 Å². The van der Waals surface area contributed by atoms with E-state index in [1.54, 1.807) is 6.92 Å². The number of fused-ring (bicyclic) bond motifs is 3. The third kappa shape index (κ3) is 2.00. The molecule has 0 saturated carbocycles. The zero-order valence-corrected chi connectivity index (χ0v) is 12.0. The van der Waals surface area contributed by atoms with Crippen molar-refractivity contribution in [2.24, 2.45) is 5.16 Å². The van der Waals surface area contributed by atoms with Crippen LogP contribution in [-0.2, 0) is 0 Å². The van der Waals surface area contributed by atoms with Gasteiger partial charge in [0.2, 0.25) is 0 Å².